The summed E-state index contributed by atoms with van der Waals surface area (Å²) in [5, 5.41) is 2.96. The second-order valence-corrected chi connectivity index (χ2v) is 11.3. The van der Waals surface area contributed by atoms with Crippen LogP contribution in [0.25, 0.3) is 0 Å². The molecular formula is C19H32N2O5S2. The van der Waals surface area contributed by atoms with E-state index in [9.17, 15) is 14.4 Å². The molecule has 0 unspecified atom stereocenters. The van der Waals surface area contributed by atoms with Crippen LogP contribution in [-0.4, -0.2) is 70.3 Å². The fourth-order valence-corrected chi connectivity index (χ4v) is 6.55. The minimum atomic E-state index is -0.594. The molecule has 2 aliphatic heterocycles. The van der Waals surface area contributed by atoms with Crippen molar-refractivity contribution >= 4 is 41.5 Å². The molecule has 0 saturated carbocycles. The lowest BCUT2D eigenvalue weighted by atomic mass is 10.1. The molecule has 0 aromatic heterocycles. The van der Waals surface area contributed by atoms with E-state index in [1.165, 1.54) is 7.11 Å². The number of ether oxygens (including phenoxy) is 2. The van der Waals surface area contributed by atoms with Gasteiger partial charge in [-0.15, -0.1) is 23.5 Å². The molecular weight excluding hydrogens is 400 g/mol. The van der Waals surface area contributed by atoms with Gasteiger partial charge in [0.1, 0.15) is 11.6 Å². The second kappa shape index (κ2) is 10.1. The van der Waals surface area contributed by atoms with Crippen LogP contribution in [0.4, 0.5) is 4.79 Å². The van der Waals surface area contributed by atoms with Crippen LogP contribution >= 0.6 is 23.5 Å². The van der Waals surface area contributed by atoms with Gasteiger partial charge in [0.2, 0.25) is 5.91 Å². The van der Waals surface area contributed by atoms with Gasteiger partial charge < -0.3 is 14.8 Å². The van der Waals surface area contributed by atoms with E-state index in [-0.39, 0.29) is 16.0 Å². The predicted octanol–water partition coefficient (Wildman–Crippen LogP) is 3.02. The third-order valence-corrected chi connectivity index (χ3v) is 8.05. The molecule has 0 aromatic rings. The van der Waals surface area contributed by atoms with Crippen LogP contribution in [0.3, 0.4) is 0 Å². The molecule has 2 heterocycles. The number of hydrogen-bond acceptors (Lipinski definition) is 7. The van der Waals surface area contributed by atoms with Gasteiger partial charge in [-0.25, -0.2) is 4.79 Å². The van der Waals surface area contributed by atoms with Crippen molar-refractivity contribution in [3.63, 3.8) is 0 Å². The summed E-state index contributed by atoms with van der Waals surface area (Å²) in [6, 6.07) is -0.497. The molecule has 0 bridgehead atoms. The van der Waals surface area contributed by atoms with Crippen LogP contribution in [0.1, 0.15) is 52.9 Å². The Labute approximate surface area is 176 Å². The van der Waals surface area contributed by atoms with E-state index < -0.39 is 17.7 Å². The number of rotatable bonds is 7. The summed E-state index contributed by atoms with van der Waals surface area (Å²) in [6.45, 7) is 6.57. The molecule has 1 N–H and O–H groups in total. The maximum Gasteiger partial charge on any atom is 0.411 e. The fourth-order valence-electron chi connectivity index (χ4n) is 3.29. The van der Waals surface area contributed by atoms with Crippen molar-refractivity contribution in [3.05, 3.63) is 0 Å². The molecule has 28 heavy (non-hydrogen) atoms. The molecule has 160 valence electrons. The molecule has 0 aromatic carbocycles. The van der Waals surface area contributed by atoms with Gasteiger partial charge in [0, 0.05) is 37.4 Å². The summed E-state index contributed by atoms with van der Waals surface area (Å²) in [6.07, 6.45) is 3.00. The highest BCUT2D eigenvalue weighted by atomic mass is 32.2. The zero-order chi connectivity index (χ0) is 20.8. The number of carbonyl (C=O) groups excluding carboxylic acids is 3. The average Bonchev–Trinajstić information content (AvgIpc) is 3.23. The average molecular weight is 433 g/mol. The normalized spacial score (nSPS) is 21.0. The molecule has 0 aliphatic carbocycles. The Morgan fingerprint density at radius 2 is 1.82 bits per heavy atom. The van der Waals surface area contributed by atoms with Gasteiger partial charge in [0.05, 0.1) is 11.2 Å². The first-order chi connectivity index (χ1) is 13.2. The smallest absolute Gasteiger partial charge is 0.411 e. The van der Waals surface area contributed by atoms with Crippen LogP contribution in [0.5, 0.6) is 0 Å². The van der Waals surface area contributed by atoms with Crippen molar-refractivity contribution in [2.24, 2.45) is 0 Å². The summed E-state index contributed by atoms with van der Waals surface area (Å²) in [5.41, 5.74) is -0.594. The summed E-state index contributed by atoms with van der Waals surface area (Å²) >= 11 is 3.68. The maximum atomic E-state index is 12.8. The maximum absolute atomic E-state index is 12.8. The highest BCUT2D eigenvalue weighted by molar-refractivity contribution is 8.21. The van der Waals surface area contributed by atoms with Gasteiger partial charge in [0.15, 0.2) is 0 Å². The van der Waals surface area contributed by atoms with E-state index >= 15 is 0 Å². The van der Waals surface area contributed by atoms with Crippen LogP contribution in [0.2, 0.25) is 0 Å². The number of likely N-dealkylation sites (tertiary alicyclic amines) is 1. The van der Waals surface area contributed by atoms with Gasteiger partial charge in [-0.05, 0) is 33.6 Å². The number of nitrogens with zero attached hydrogens (tertiary/aromatic N) is 1. The molecule has 1 spiro atoms. The second-order valence-electron chi connectivity index (χ2n) is 8.11. The van der Waals surface area contributed by atoms with Gasteiger partial charge >= 0.3 is 12.1 Å². The summed E-state index contributed by atoms with van der Waals surface area (Å²) in [4.78, 5) is 38.2. The Morgan fingerprint density at radius 3 is 2.43 bits per heavy atom. The lowest BCUT2D eigenvalue weighted by Gasteiger charge is -2.28. The third kappa shape index (κ3) is 6.76. The molecule has 2 saturated heterocycles. The third-order valence-electron chi connectivity index (χ3n) is 4.62. The number of esters is 1. The van der Waals surface area contributed by atoms with Crippen molar-refractivity contribution in [1.82, 2.24) is 10.2 Å². The van der Waals surface area contributed by atoms with E-state index in [4.69, 9.17) is 4.74 Å². The number of carbonyl (C=O) groups is 3. The minimum Gasteiger partial charge on any atom is -0.469 e. The van der Waals surface area contributed by atoms with E-state index in [0.29, 0.717) is 25.9 Å². The number of unbranched alkanes of at least 4 members (excludes halogenated alkanes) is 2. The number of methoxy groups -OCH3 is 1. The molecule has 2 aliphatic rings. The first-order valence-corrected chi connectivity index (χ1v) is 11.7. The van der Waals surface area contributed by atoms with Crippen LogP contribution < -0.4 is 5.32 Å². The van der Waals surface area contributed by atoms with Crippen LogP contribution in [-0.2, 0) is 19.1 Å². The van der Waals surface area contributed by atoms with Crippen molar-refractivity contribution in [2.75, 3.05) is 31.7 Å². The van der Waals surface area contributed by atoms with Gasteiger partial charge in [-0.2, -0.15) is 0 Å². The Kier molecular flexibility index (Phi) is 8.36. The Hall–Kier alpha value is -1.09. The number of nitrogens with one attached hydrogen (secondary N) is 1. The summed E-state index contributed by atoms with van der Waals surface area (Å²) < 4.78 is 10.1. The van der Waals surface area contributed by atoms with Crippen molar-refractivity contribution in [3.8, 4) is 0 Å². The number of hydrogen-bond donors (Lipinski definition) is 1. The highest BCUT2D eigenvalue weighted by Gasteiger charge is 2.52. The largest absolute Gasteiger partial charge is 0.469 e. The Bertz CT molecular complexity index is 573. The van der Waals surface area contributed by atoms with Crippen LogP contribution in [0, 0.1) is 0 Å². The van der Waals surface area contributed by atoms with E-state index in [1.807, 2.05) is 44.3 Å². The minimum absolute atomic E-state index is 0.0978. The van der Waals surface area contributed by atoms with E-state index in [1.54, 1.807) is 4.90 Å². The van der Waals surface area contributed by atoms with Crippen molar-refractivity contribution < 1.29 is 23.9 Å². The molecule has 2 fully saturated rings. The molecule has 2 amide bonds. The zero-order valence-corrected chi connectivity index (χ0v) is 18.9. The quantitative estimate of drug-likeness (QED) is 0.489. The molecule has 0 radical (unpaired) electrons. The van der Waals surface area contributed by atoms with E-state index in [0.717, 1.165) is 30.8 Å². The van der Waals surface area contributed by atoms with Gasteiger partial charge in [-0.3, -0.25) is 14.5 Å². The summed E-state index contributed by atoms with van der Waals surface area (Å²) in [7, 11) is 1.38. The fraction of sp³-hybridized carbons (Fsp3) is 0.842. The first kappa shape index (κ1) is 23.2. The van der Waals surface area contributed by atoms with Crippen molar-refractivity contribution in [1.29, 1.82) is 0 Å². The van der Waals surface area contributed by atoms with E-state index in [2.05, 4.69) is 10.1 Å². The molecule has 7 nitrogen and oxygen atoms in total. The standard InChI is InChI=1S/C19H32N2O5S2/c1-18(2,3)26-17(24)21-13-19(27-10-11-28-19)12-14(21)16(23)20-9-7-5-6-8-15(22)25-4/h14H,5-13H2,1-4H3,(H,20,23)/t14-/m0/s1. The molecule has 2 rings (SSSR count). The highest BCUT2D eigenvalue weighted by Crippen LogP contribution is 2.52. The Balaban J connectivity index is 1.87. The lowest BCUT2D eigenvalue weighted by Crippen LogP contribution is -2.47. The monoisotopic (exact) mass is 432 g/mol. The van der Waals surface area contributed by atoms with Crippen molar-refractivity contribution in [2.45, 2.75) is 68.6 Å². The van der Waals surface area contributed by atoms with Crippen LogP contribution in [0.15, 0.2) is 0 Å². The summed E-state index contributed by atoms with van der Waals surface area (Å²) in [5.74, 6) is 1.76. The Morgan fingerprint density at radius 1 is 1.14 bits per heavy atom. The first-order valence-electron chi connectivity index (χ1n) is 9.78. The predicted molar refractivity (Wildman–Crippen MR) is 112 cm³/mol. The topological polar surface area (TPSA) is 84.9 Å². The SMILES string of the molecule is COC(=O)CCCCCNC(=O)[C@@H]1CC2(CN1C(=O)OC(C)(C)C)SCCS2. The molecule has 1 atom stereocenters. The molecule has 9 heteroatoms. The zero-order valence-electron chi connectivity index (χ0n) is 17.2. The number of thioether (sulfide) groups is 2. The van der Waals surface area contributed by atoms with Gasteiger partial charge in [0.25, 0.3) is 0 Å². The number of amides is 2. The lowest BCUT2D eigenvalue weighted by molar-refractivity contribution is -0.140. The van der Waals surface area contributed by atoms with Gasteiger partial charge in [-0.1, -0.05) is 6.42 Å².